The van der Waals surface area contributed by atoms with E-state index in [1.807, 2.05) is 24.3 Å². The SMILES string of the molecule is C[C@H]1CN(Cc2ccc(-c3ccc(F)cc3)cc2)CC[C@@]1(C)c1cccc(C(N)=O)c1. The highest BCUT2D eigenvalue weighted by Gasteiger charge is 2.38. The molecule has 3 aromatic rings. The third kappa shape index (κ3) is 4.54. The van der Waals surface area contributed by atoms with E-state index >= 15 is 0 Å². The molecule has 0 bridgehead atoms. The number of piperidine rings is 1. The Hall–Kier alpha value is -2.98. The van der Waals surface area contributed by atoms with Crippen molar-refractivity contribution in [1.82, 2.24) is 4.90 Å². The van der Waals surface area contributed by atoms with Crippen LogP contribution in [0.1, 0.15) is 41.8 Å². The second-order valence-electron chi connectivity index (χ2n) is 8.95. The van der Waals surface area contributed by atoms with Gasteiger partial charge in [-0.05, 0) is 70.8 Å². The maximum absolute atomic E-state index is 13.2. The summed E-state index contributed by atoms with van der Waals surface area (Å²) in [5.41, 5.74) is 10.7. The molecule has 0 aliphatic carbocycles. The number of carbonyl (C=O) groups excluding carboxylic acids is 1. The molecule has 0 unspecified atom stereocenters. The van der Waals surface area contributed by atoms with Crippen LogP contribution in [0.2, 0.25) is 0 Å². The zero-order chi connectivity index (χ0) is 22.0. The van der Waals surface area contributed by atoms with E-state index in [1.54, 1.807) is 6.07 Å². The first-order chi connectivity index (χ1) is 14.8. The maximum Gasteiger partial charge on any atom is 0.248 e. The van der Waals surface area contributed by atoms with Gasteiger partial charge in [-0.2, -0.15) is 0 Å². The number of halogens is 1. The number of primary amides is 1. The standard InChI is InChI=1S/C27H29FN2O/c1-19-17-30(15-14-27(19,2)24-5-3-4-23(16-24)26(29)31)18-20-6-8-21(9-7-20)22-10-12-25(28)13-11-22/h3-13,16,19H,14-15,17-18H2,1-2H3,(H2,29,31)/t19-,27+/m0/s1. The minimum absolute atomic E-state index is 0.0222. The third-order valence-electron chi connectivity index (χ3n) is 6.91. The van der Waals surface area contributed by atoms with Gasteiger partial charge in [0.15, 0.2) is 0 Å². The molecule has 1 saturated heterocycles. The minimum atomic E-state index is -0.375. The van der Waals surface area contributed by atoms with Crippen LogP contribution in [0, 0.1) is 11.7 Å². The average molecular weight is 417 g/mol. The number of rotatable bonds is 5. The predicted molar refractivity (Wildman–Crippen MR) is 123 cm³/mol. The third-order valence-corrected chi connectivity index (χ3v) is 6.91. The van der Waals surface area contributed by atoms with E-state index in [4.69, 9.17) is 5.73 Å². The lowest BCUT2D eigenvalue weighted by atomic mass is 9.68. The molecule has 1 aliphatic rings. The largest absolute Gasteiger partial charge is 0.366 e. The van der Waals surface area contributed by atoms with Crippen LogP contribution in [0.4, 0.5) is 4.39 Å². The van der Waals surface area contributed by atoms with Gasteiger partial charge in [-0.1, -0.05) is 62.4 Å². The quantitative estimate of drug-likeness (QED) is 0.606. The Bertz CT molecular complexity index is 1060. The summed E-state index contributed by atoms with van der Waals surface area (Å²) < 4.78 is 13.2. The van der Waals surface area contributed by atoms with Gasteiger partial charge >= 0.3 is 0 Å². The molecule has 0 spiro atoms. The van der Waals surface area contributed by atoms with Crippen molar-refractivity contribution in [2.75, 3.05) is 13.1 Å². The summed E-state index contributed by atoms with van der Waals surface area (Å²) in [6.45, 7) is 7.50. The molecular weight excluding hydrogens is 387 g/mol. The van der Waals surface area contributed by atoms with Crippen LogP contribution in [0.3, 0.4) is 0 Å². The van der Waals surface area contributed by atoms with Gasteiger partial charge in [-0.25, -0.2) is 4.39 Å². The summed E-state index contributed by atoms with van der Waals surface area (Å²) >= 11 is 0. The minimum Gasteiger partial charge on any atom is -0.366 e. The molecule has 4 heteroatoms. The van der Waals surface area contributed by atoms with Gasteiger partial charge < -0.3 is 5.73 Å². The molecule has 1 aliphatic heterocycles. The first-order valence-electron chi connectivity index (χ1n) is 10.8. The topological polar surface area (TPSA) is 46.3 Å². The molecular formula is C27H29FN2O. The molecule has 2 N–H and O–H groups in total. The lowest BCUT2D eigenvalue weighted by molar-refractivity contribution is 0.0996. The molecule has 3 nitrogen and oxygen atoms in total. The van der Waals surface area contributed by atoms with Crippen molar-refractivity contribution in [3.63, 3.8) is 0 Å². The molecule has 0 aromatic heterocycles. The Morgan fingerprint density at radius 3 is 2.32 bits per heavy atom. The van der Waals surface area contributed by atoms with Crippen LogP contribution in [0.15, 0.2) is 72.8 Å². The normalized spacial score (nSPS) is 21.7. The molecule has 3 aromatic carbocycles. The van der Waals surface area contributed by atoms with Crippen molar-refractivity contribution >= 4 is 5.91 Å². The van der Waals surface area contributed by atoms with Crippen LogP contribution in [0.25, 0.3) is 11.1 Å². The van der Waals surface area contributed by atoms with Crippen LogP contribution < -0.4 is 5.73 Å². The molecule has 160 valence electrons. The summed E-state index contributed by atoms with van der Waals surface area (Å²) in [5.74, 6) is -0.143. The highest BCUT2D eigenvalue weighted by molar-refractivity contribution is 5.93. The Labute approximate surface area is 183 Å². The molecule has 1 amide bonds. The van der Waals surface area contributed by atoms with E-state index in [0.717, 1.165) is 37.2 Å². The fraction of sp³-hybridized carbons (Fsp3) is 0.296. The van der Waals surface area contributed by atoms with Gasteiger partial charge in [0, 0.05) is 18.7 Å². The van der Waals surface area contributed by atoms with E-state index in [9.17, 15) is 9.18 Å². The Balaban J connectivity index is 1.42. The number of nitrogens with zero attached hydrogens (tertiary/aromatic N) is 1. The van der Waals surface area contributed by atoms with Gasteiger partial charge in [0.05, 0.1) is 0 Å². The van der Waals surface area contributed by atoms with Crippen molar-refractivity contribution in [3.8, 4) is 11.1 Å². The van der Waals surface area contributed by atoms with E-state index < -0.39 is 0 Å². The van der Waals surface area contributed by atoms with Crippen LogP contribution >= 0.6 is 0 Å². The van der Waals surface area contributed by atoms with E-state index in [1.165, 1.54) is 23.3 Å². The van der Waals surface area contributed by atoms with Gasteiger partial charge in [0.1, 0.15) is 5.82 Å². The van der Waals surface area contributed by atoms with E-state index in [-0.39, 0.29) is 17.1 Å². The van der Waals surface area contributed by atoms with Crippen molar-refractivity contribution < 1.29 is 9.18 Å². The first kappa shape index (κ1) is 21.3. The number of likely N-dealkylation sites (tertiary alicyclic amines) is 1. The zero-order valence-electron chi connectivity index (χ0n) is 18.1. The molecule has 2 atom stereocenters. The highest BCUT2D eigenvalue weighted by atomic mass is 19.1. The highest BCUT2D eigenvalue weighted by Crippen LogP contribution is 2.40. The number of carbonyl (C=O) groups is 1. The van der Waals surface area contributed by atoms with E-state index in [2.05, 4.69) is 49.1 Å². The van der Waals surface area contributed by atoms with Crippen LogP contribution in [0.5, 0.6) is 0 Å². The fourth-order valence-electron chi connectivity index (χ4n) is 4.62. The van der Waals surface area contributed by atoms with Gasteiger partial charge in [0.2, 0.25) is 5.91 Å². The molecule has 0 saturated carbocycles. The smallest absolute Gasteiger partial charge is 0.248 e. The van der Waals surface area contributed by atoms with Gasteiger partial charge in [-0.15, -0.1) is 0 Å². The van der Waals surface area contributed by atoms with Gasteiger partial charge in [0.25, 0.3) is 0 Å². The Kier molecular flexibility index (Phi) is 5.92. The lowest BCUT2D eigenvalue weighted by Crippen LogP contribution is -2.47. The Morgan fingerprint density at radius 1 is 1.06 bits per heavy atom. The molecule has 31 heavy (non-hydrogen) atoms. The lowest BCUT2D eigenvalue weighted by Gasteiger charge is -2.45. The maximum atomic E-state index is 13.2. The summed E-state index contributed by atoms with van der Waals surface area (Å²) in [6, 6.07) is 22.9. The Morgan fingerprint density at radius 2 is 1.71 bits per heavy atom. The number of nitrogens with two attached hydrogens (primary N) is 1. The molecule has 4 rings (SSSR count). The molecule has 1 heterocycles. The van der Waals surface area contributed by atoms with Crippen molar-refractivity contribution in [1.29, 1.82) is 0 Å². The number of amides is 1. The van der Waals surface area contributed by atoms with E-state index in [0.29, 0.717) is 11.5 Å². The van der Waals surface area contributed by atoms with Crippen molar-refractivity contribution in [2.45, 2.75) is 32.2 Å². The second-order valence-corrected chi connectivity index (χ2v) is 8.95. The summed E-state index contributed by atoms with van der Waals surface area (Å²) in [6.07, 6.45) is 1.03. The van der Waals surface area contributed by atoms with Crippen molar-refractivity contribution in [2.24, 2.45) is 11.7 Å². The fourth-order valence-corrected chi connectivity index (χ4v) is 4.62. The van der Waals surface area contributed by atoms with Crippen LogP contribution in [-0.4, -0.2) is 23.9 Å². The number of benzene rings is 3. The monoisotopic (exact) mass is 416 g/mol. The number of hydrogen-bond acceptors (Lipinski definition) is 2. The second kappa shape index (κ2) is 8.64. The summed E-state index contributed by atoms with van der Waals surface area (Å²) in [7, 11) is 0. The molecule has 0 radical (unpaired) electrons. The van der Waals surface area contributed by atoms with Crippen molar-refractivity contribution in [3.05, 3.63) is 95.3 Å². The molecule has 1 fully saturated rings. The summed E-state index contributed by atoms with van der Waals surface area (Å²) in [4.78, 5) is 14.1. The van der Waals surface area contributed by atoms with Gasteiger partial charge in [-0.3, -0.25) is 9.69 Å². The zero-order valence-corrected chi connectivity index (χ0v) is 18.1. The summed E-state index contributed by atoms with van der Waals surface area (Å²) in [5, 5.41) is 0. The number of hydrogen-bond donors (Lipinski definition) is 1. The predicted octanol–water partition coefficient (Wildman–Crippen LogP) is 5.39. The van der Waals surface area contributed by atoms with Crippen LogP contribution in [-0.2, 0) is 12.0 Å². The average Bonchev–Trinajstić information content (AvgIpc) is 2.77. The first-order valence-corrected chi connectivity index (χ1v) is 10.8.